The van der Waals surface area contributed by atoms with Gasteiger partial charge in [-0.15, -0.1) is 11.3 Å². The number of hydrogen-bond acceptors (Lipinski definition) is 6. The van der Waals surface area contributed by atoms with Gasteiger partial charge in [0.2, 0.25) is 5.91 Å². The van der Waals surface area contributed by atoms with E-state index in [4.69, 9.17) is 4.74 Å². The quantitative estimate of drug-likeness (QED) is 0.538. The van der Waals surface area contributed by atoms with E-state index < -0.39 is 5.97 Å². The number of aryl methyl sites for hydroxylation is 1. The molecule has 0 aliphatic carbocycles. The number of nitrogens with one attached hydrogen (secondary N) is 1. The van der Waals surface area contributed by atoms with E-state index in [1.807, 2.05) is 0 Å². The Balaban J connectivity index is 2.23. The Hall–Kier alpha value is -2.94. The molecule has 8 nitrogen and oxygen atoms in total. The van der Waals surface area contributed by atoms with Crippen molar-refractivity contribution < 1.29 is 23.9 Å². The van der Waals surface area contributed by atoms with Gasteiger partial charge in [-0.1, -0.05) is 0 Å². The number of carbonyl (C=O) groups excluding carboxylic acids is 4. The molecular weight excluding hydrogens is 382 g/mol. The molecule has 28 heavy (non-hydrogen) atoms. The third kappa shape index (κ3) is 4.66. The van der Waals surface area contributed by atoms with Crippen molar-refractivity contribution in [3.8, 4) is 0 Å². The normalized spacial score (nSPS) is 10.4. The number of hydrogen-bond donors (Lipinski definition) is 1. The van der Waals surface area contributed by atoms with Gasteiger partial charge in [0.15, 0.2) is 6.29 Å². The molecular formula is C19H23N3O5S. The molecule has 2 amide bonds. The minimum atomic E-state index is -0.585. The standard InChI is InChI=1S/C19H23N3O5S/c1-5-27-19(26)15-12(2)16(18(25)21(3)4)28-17(15)20-14(24)8-10-22-9-6-7-13(22)11-23/h6-7,9,11H,5,8,10H2,1-4H3,(H,20,24). The molecule has 0 bridgehead atoms. The molecule has 0 spiro atoms. The van der Waals surface area contributed by atoms with Gasteiger partial charge in [-0.05, 0) is 31.5 Å². The SMILES string of the molecule is CCOC(=O)c1c(NC(=O)CCn2cccc2C=O)sc(C(=O)N(C)C)c1C. The van der Waals surface area contributed by atoms with Gasteiger partial charge < -0.3 is 19.5 Å². The molecule has 0 unspecified atom stereocenters. The maximum absolute atomic E-state index is 12.4. The highest BCUT2D eigenvalue weighted by molar-refractivity contribution is 7.18. The summed E-state index contributed by atoms with van der Waals surface area (Å²) in [6, 6.07) is 3.38. The van der Waals surface area contributed by atoms with Gasteiger partial charge in [0.25, 0.3) is 5.91 Å². The van der Waals surface area contributed by atoms with Gasteiger partial charge in [0.1, 0.15) is 5.00 Å². The zero-order chi connectivity index (χ0) is 20.8. The predicted molar refractivity (Wildman–Crippen MR) is 106 cm³/mol. The van der Waals surface area contributed by atoms with Crippen LogP contribution in [0.1, 0.15) is 49.4 Å². The minimum absolute atomic E-state index is 0.103. The summed E-state index contributed by atoms with van der Waals surface area (Å²) >= 11 is 1.05. The van der Waals surface area contributed by atoms with E-state index in [9.17, 15) is 19.2 Å². The molecule has 0 aliphatic rings. The molecule has 0 atom stereocenters. The van der Waals surface area contributed by atoms with Crippen molar-refractivity contribution in [3.63, 3.8) is 0 Å². The lowest BCUT2D eigenvalue weighted by Gasteiger charge is -2.09. The van der Waals surface area contributed by atoms with Crippen LogP contribution in [0, 0.1) is 6.92 Å². The first-order chi connectivity index (χ1) is 13.3. The van der Waals surface area contributed by atoms with Crippen LogP contribution in [0.3, 0.4) is 0 Å². The molecule has 0 aromatic carbocycles. The van der Waals surface area contributed by atoms with Gasteiger partial charge in [0.05, 0.1) is 22.7 Å². The van der Waals surface area contributed by atoms with Gasteiger partial charge in [0, 0.05) is 33.3 Å². The number of thiophene rings is 1. The van der Waals surface area contributed by atoms with E-state index in [0.717, 1.165) is 17.6 Å². The highest BCUT2D eigenvalue weighted by Crippen LogP contribution is 2.34. The first-order valence-corrected chi connectivity index (χ1v) is 9.54. The van der Waals surface area contributed by atoms with E-state index in [-0.39, 0.29) is 35.4 Å². The minimum Gasteiger partial charge on any atom is -0.462 e. The van der Waals surface area contributed by atoms with E-state index in [1.54, 1.807) is 50.8 Å². The molecule has 1 N–H and O–H groups in total. The van der Waals surface area contributed by atoms with Crippen LogP contribution >= 0.6 is 11.3 Å². The van der Waals surface area contributed by atoms with Crippen LogP contribution in [0.4, 0.5) is 5.00 Å². The van der Waals surface area contributed by atoms with Crippen LogP contribution in [0.25, 0.3) is 0 Å². The summed E-state index contributed by atoms with van der Waals surface area (Å²) in [5.41, 5.74) is 1.15. The Labute approximate surface area is 167 Å². The van der Waals surface area contributed by atoms with Gasteiger partial charge in [-0.3, -0.25) is 14.4 Å². The Morgan fingerprint density at radius 1 is 1.32 bits per heavy atom. The summed E-state index contributed by atoms with van der Waals surface area (Å²) in [7, 11) is 3.23. The molecule has 0 saturated carbocycles. The summed E-state index contributed by atoms with van der Waals surface area (Å²) < 4.78 is 6.75. The second-order valence-electron chi connectivity index (χ2n) is 6.22. The number of rotatable bonds is 8. The lowest BCUT2D eigenvalue weighted by atomic mass is 10.1. The molecule has 2 heterocycles. The van der Waals surface area contributed by atoms with E-state index in [0.29, 0.717) is 22.7 Å². The molecule has 2 rings (SSSR count). The molecule has 0 fully saturated rings. The summed E-state index contributed by atoms with van der Waals surface area (Å²) in [5.74, 6) is -1.17. The molecule has 2 aromatic rings. The van der Waals surface area contributed by atoms with E-state index in [2.05, 4.69) is 5.32 Å². The Bertz CT molecular complexity index is 898. The Kier molecular flexibility index (Phi) is 7.11. The third-order valence-electron chi connectivity index (χ3n) is 4.04. The summed E-state index contributed by atoms with van der Waals surface area (Å²) in [4.78, 5) is 49.9. The lowest BCUT2D eigenvalue weighted by Crippen LogP contribution is -2.21. The number of amides is 2. The largest absolute Gasteiger partial charge is 0.462 e. The van der Waals surface area contributed by atoms with Crippen LogP contribution in [-0.2, 0) is 16.1 Å². The van der Waals surface area contributed by atoms with Crippen LogP contribution in [0.5, 0.6) is 0 Å². The summed E-state index contributed by atoms with van der Waals surface area (Å²) in [6.07, 6.45) is 2.54. The molecule has 0 saturated heterocycles. The number of carbonyl (C=O) groups is 4. The Morgan fingerprint density at radius 2 is 2.04 bits per heavy atom. The molecule has 9 heteroatoms. The van der Waals surface area contributed by atoms with Crippen LogP contribution in [-0.4, -0.2) is 54.2 Å². The summed E-state index contributed by atoms with van der Waals surface area (Å²) in [5, 5.41) is 3.00. The van der Waals surface area contributed by atoms with E-state index >= 15 is 0 Å². The lowest BCUT2D eigenvalue weighted by molar-refractivity contribution is -0.116. The molecule has 0 radical (unpaired) electrons. The van der Waals surface area contributed by atoms with Crippen LogP contribution < -0.4 is 5.32 Å². The zero-order valence-corrected chi connectivity index (χ0v) is 17.1. The van der Waals surface area contributed by atoms with Crippen molar-refractivity contribution in [1.29, 1.82) is 0 Å². The van der Waals surface area contributed by atoms with Crippen LogP contribution in [0.15, 0.2) is 18.3 Å². The fraction of sp³-hybridized carbons (Fsp3) is 0.368. The van der Waals surface area contributed by atoms with Crippen molar-refractivity contribution in [1.82, 2.24) is 9.47 Å². The first kappa shape index (κ1) is 21.4. The summed E-state index contributed by atoms with van der Waals surface area (Å²) in [6.45, 7) is 3.84. The number of nitrogens with zero attached hydrogens (tertiary/aromatic N) is 2. The maximum atomic E-state index is 12.4. The van der Waals surface area contributed by atoms with Crippen LogP contribution in [0.2, 0.25) is 0 Å². The number of esters is 1. The number of anilines is 1. The fourth-order valence-corrected chi connectivity index (χ4v) is 3.84. The van der Waals surface area contributed by atoms with Gasteiger partial charge >= 0.3 is 5.97 Å². The van der Waals surface area contributed by atoms with Crippen molar-refractivity contribution in [2.45, 2.75) is 26.8 Å². The monoisotopic (exact) mass is 405 g/mol. The number of aldehydes is 1. The number of ether oxygens (including phenoxy) is 1. The first-order valence-electron chi connectivity index (χ1n) is 8.72. The van der Waals surface area contributed by atoms with Crippen molar-refractivity contribution in [2.24, 2.45) is 0 Å². The van der Waals surface area contributed by atoms with Crippen molar-refractivity contribution in [3.05, 3.63) is 40.0 Å². The fourth-order valence-electron chi connectivity index (χ4n) is 2.61. The molecule has 2 aromatic heterocycles. The molecule has 150 valence electrons. The highest BCUT2D eigenvalue weighted by atomic mass is 32.1. The maximum Gasteiger partial charge on any atom is 0.341 e. The molecule has 0 aliphatic heterocycles. The smallest absolute Gasteiger partial charge is 0.341 e. The van der Waals surface area contributed by atoms with Gasteiger partial charge in [-0.25, -0.2) is 4.79 Å². The van der Waals surface area contributed by atoms with Crippen molar-refractivity contribution in [2.75, 3.05) is 26.0 Å². The second kappa shape index (κ2) is 9.32. The number of aromatic nitrogens is 1. The van der Waals surface area contributed by atoms with E-state index in [1.165, 1.54) is 4.90 Å². The zero-order valence-electron chi connectivity index (χ0n) is 16.3. The average molecular weight is 405 g/mol. The second-order valence-corrected chi connectivity index (χ2v) is 7.24. The van der Waals surface area contributed by atoms with Crippen molar-refractivity contribution >= 4 is 40.4 Å². The predicted octanol–water partition coefficient (Wildman–Crippen LogP) is 2.58. The Morgan fingerprint density at radius 3 is 2.64 bits per heavy atom. The topological polar surface area (TPSA) is 97.7 Å². The third-order valence-corrected chi connectivity index (χ3v) is 5.24. The highest BCUT2D eigenvalue weighted by Gasteiger charge is 2.27. The van der Waals surface area contributed by atoms with Gasteiger partial charge in [-0.2, -0.15) is 0 Å². The average Bonchev–Trinajstić information content (AvgIpc) is 3.23.